The number of rotatable bonds is 7. The van der Waals surface area contributed by atoms with Crippen LogP contribution in [-0.2, 0) is 11.3 Å². The van der Waals surface area contributed by atoms with Crippen molar-refractivity contribution in [1.29, 1.82) is 0 Å². The van der Waals surface area contributed by atoms with Crippen LogP contribution in [0.1, 0.15) is 16.7 Å². The lowest BCUT2D eigenvalue weighted by Crippen LogP contribution is -2.11. The second-order valence-electron chi connectivity index (χ2n) is 6.83. The van der Waals surface area contributed by atoms with Crippen LogP contribution < -0.4 is 10.1 Å². The maximum atomic E-state index is 14.5. The predicted octanol–water partition coefficient (Wildman–Crippen LogP) is 5.46. The molecule has 3 rings (SSSR count). The number of benzene rings is 3. The molecule has 0 radical (unpaired) electrons. The van der Waals surface area contributed by atoms with E-state index in [0.29, 0.717) is 27.8 Å². The minimum atomic E-state index is -1.14. The second kappa shape index (κ2) is 8.90. The van der Waals surface area contributed by atoms with E-state index in [-0.39, 0.29) is 18.0 Å². The standard InChI is InChI=1S/C23H20F3NO3/c1-13-17(8-16(10-20(13)26)15-4-3-5-18(24)9-15)11-27-23-14(2)21(7-6-19(23)25)30-12-22(28)29/h3-10,27H,11-12H2,1-2H3,(H,28,29). The largest absolute Gasteiger partial charge is 0.482 e. The zero-order valence-electron chi connectivity index (χ0n) is 16.4. The van der Waals surface area contributed by atoms with E-state index in [0.717, 1.165) is 0 Å². The van der Waals surface area contributed by atoms with Gasteiger partial charge in [0.25, 0.3) is 0 Å². The van der Waals surface area contributed by atoms with Crippen molar-refractivity contribution in [2.75, 3.05) is 11.9 Å². The van der Waals surface area contributed by atoms with E-state index in [1.807, 2.05) is 0 Å². The molecular weight excluding hydrogens is 395 g/mol. The van der Waals surface area contributed by atoms with Crippen molar-refractivity contribution in [2.24, 2.45) is 0 Å². The van der Waals surface area contributed by atoms with Crippen LogP contribution in [0.15, 0.2) is 48.5 Å². The summed E-state index contributed by atoms with van der Waals surface area (Å²) in [7, 11) is 0. The molecule has 3 aromatic rings. The molecule has 7 heteroatoms. The SMILES string of the molecule is Cc1c(F)cc(-c2cccc(F)c2)cc1CNc1c(F)ccc(OCC(=O)O)c1C. The van der Waals surface area contributed by atoms with E-state index >= 15 is 0 Å². The fraction of sp³-hybridized carbons (Fsp3) is 0.174. The van der Waals surface area contributed by atoms with E-state index in [1.165, 1.54) is 30.3 Å². The third kappa shape index (κ3) is 4.74. The van der Waals surface area contributed by atoms with Gasteiger partial charge >= 0.3 is 5.97 Å². The van der Waals surface area contributed by atoms with Gasteiger partial charge in [-0.15, -0.1) is 0 Å². The molecule has 2 N–H and O–H groups in total. The molecule has 0 saturated heterocycles. The third-order valence-electron chi connectivity index (χ3n) is 4.78. The number of anilines is 1. The van der Waals surface area contributed by atoms with E-state index in [1.54, 1.807) is 32.0 Å². The first-order valence-corrected chi connectivity index (χ1v) is 9.18. The van der Waals surface area contributed by atoms with Gasteiger partial charge in [-0.05, 0) is 72.5 Å². The Hall–Kier alpha value is -3.48. The monoisotopic (exact) mass is 415 g/mol. The number of aliphatic carboxylic acids is 1. The first-order valence-electron chi connectivity index (χ1n) is 9.18. The topological polar surface area (TPSA) is 58.6 Å². The molecule has 3 aromatic carbocycles. The lowest BCUT2D eigenvalue weighted by atomic mass is 9.99. The molecule has 0 aromatic heterocycles. The zero-order valence-corrected chi connectivity index (χ0v) is 16.4. The summed E-state index contributed by atoms with van der Waals surface area (Å²) in [5.41, 5.74) is 2.53. The van der Waals surface area contributed by atoms with Gasteiger partial charge in [-0.3, -0.25) is 0 Å². The maximum Gasteiger partial charge on any atom is 0.341 e. The van der Waals surface area contributed by atoms with E-state index in [9.17, 15) is 18.0 Å². The molecule has 0 aliphatic rings. The zero-order chi connectivity index (χ0) is 21.8. The minimum Gasteiger partial charge on any atom is -0.482 e. The summed E-state index contributed by atoms with van der Waals surface area (Å²) in [6.45, 7) is 2.76. The van der Waals surface area contributed by atoms with Gasteiger partial charge in [0.1, 0.15) is 23.2 Å². The van der Waals surface area contributed by atoms with Gasteiger partial charge in [0.2, 0.25) is 0 Å². The molecule has 30 heavy (non-hydrogen) atoms. The maximum absolute atomic E-state index is 14.5. The van der Waals surface area contributed by atoms with E-state index < -0.39 is 30.0 Å². The highest BCUT2D eigenvalue weighted by Gasteiger charge is 2.14. The fourth-order valence-corrected chi connectivity index (χ4v) is 3.11. The van der Waals surface area contributed by atoms with Crippen LogP contribution >= 0.6 is 0 Å². The molecule has 4 nitrogen and oxygen atoms in total. The molecule has 0 aliphatic carbocycles. The smallest absolute Gasteiger partial charge is 0.341 e. The van der Waals surface area contributed by atoms with Crippen LogP contribution in [0.4, 0.5) is 18.9 Å². The van der Waals surface area contributed by atoms with Crippen LogP contribution in [-0.4, -0.2) is 17.7 Å². The lowest BCUT2D eigenvalue weighted by molar-refractivity contribution is -0.139. The number of hydrogen-bond donors (Lipinski definition) is 2. The molecule has 0 fully saturated rings. The molecule has 0 bridgehead atoms. The van der Waals surface area contributed by atoms with Crippen molar-refractivity contribution >= 4 is 11.7 Å². The summed E-state index contributed by atoms with van der Waals surface area (Å²) in [6, 6.07) is 11.4. The Morgan fingerprint density at radius 1 is 0.967 bits per heavy atom. The summed E-state index contributed by atoms with van der Waals surface area (Å²) in [5, 5.41) is 11.7. The van der Waals surface area contributed by atoms with Crippen molar-refractivity contribution in [3.63, 3.8) is 0 Å². The van der Waals surface area contributed by atoms with Gasteiger partial charge < -0.3 is 15.2 Å². The van der Waals surface area contributed by atoms with Crippen molar-refractivity contribution in [3.8, 4) is 16.9 Å². The first-order chi connectivity index (χ1) is 14.3. The van der Waals surface area contributed by atoms with Gasteiger partial charge in [-0.2, -0.15) is 0 Å². The number of halogens is 3. The highest BCUT2D eigenvalue weighted by atomic mass is 19.1. The van der Waals surface area contributed by atoms with Gasteiger partial charge in [0.15, 0.2) is 6.61 Å². The van der Waals surface area contributed by atoms with Crippen LogP contribution in [0.25, 0.3) is 11.1 Å². The van der Waals surface area contributed by atoms with Crippen molar-refractivity contribution in [2.45, 2.75) is 20.4 Å². The first kappa shape index (κ1) is 21.2. The Bertz CT molecular complexity index is 1100. The van der Waals surface area contributed by atoms with Gasteiger partial charge in [0, 0.05) is 12.1 Å². The fourth-order valence-electron chi connectivity index (χ4n) is 3.11. The molecule has 0 heterocycles. The number of carboxylic acid groups (broad SMARTS) is 1. The molecular formula is C23H20F3NO3. The predicted molar refractivity (Wildman–Crippen MR) is 108 cm³/mol. The second-order valence-corrected chi connectivity index (χ2v) is 6.83. The Morgan fingerprint density at radius 2 is 1.73 bits per heavy atom. The quantitative estimate of drug-likeness (QED) is 0.538. The normalized spacial score (nSPS) is 10.7. The van der Waals surface area contributed by atoms with Crippen molar-refractivity contribution in [3.05, 3.63) is 82.7 Å². The number of nitrogens with one attached hydrogen (secondary N) is 1. The number of carboxylic acids is 1. The van der Waals surface area contributed by atoms with Crippen molar-refractivity contribution in [1.82, 2.24) is 0 Å². The highest BCUT2D eigenvalue weighted by molar-refractivity contribution is 5.69. The van der Waals surface area contributed by atoms with Crippen LogP contribution in [0, 0.1) is 31.3 Å². The average Bonchev–Trinajstić information content (AvgIpc) is 2.70. The Kier molecular flexibility index (Phi) is 6.30. The van der Waals surface area contributed by atoms with Crippen LogP contribution in [0.3, 0.4) is 0 Å². The Balaban J connectivity index is 1.89. The summed E-state index contributed by atoms with van der Waals surface area (Å²) in [5.74, 6) is -2.34. The molecule has 0 aliphatic heterocycles. The van der Waals surface area contributed by atoms with Gasteiger partial charge in [0.05, 0.1) is 5.69 Å². The lowest BCUT2D eigenvalue weighted by Gasteiger charge is -2.16. The van der Waals surface area contributed by atoms with Crippen LogP contribution in [0.5, 0.6) is 5.75 Å². The van der Waals surface area contributed by atoms with E-state index in [2.05, 4.69) is 5.32 Å². The summed E-state index contributed by atoms with van der Waals surface area (Å²) < 4.78 is 47.6. The minimum absolute atomic E-state index is 0.103. The van der Waals surface area contributed by atoms with Crippen LogP contribution in [0.2, 0.25) is 0 Å². The van der Waals surface area contributed by atoms with E-state index in [4.69, 9.17) is 9.84 Å². The molecule has 0 spiro atoms. The molecule has 156 valence electrons. The van der Waals surface area contributed by atoms with Gasteiger partial charge in [-0.25, -0.2) is 18.0 Å². The highest BCUT2D eigenvalue weighted by Crippen LogP contribution is 2.30. The third-order valence-corrected chi connectivity index (χ3v) is 4.78. The number of carbonyl (C=O) groups is 1. The Labute approximate surface area is 171 Å². The van der Waals surface area contributed by atoms with Crippen molar-refractivity contribution < 1.29 is 27.8 Å². The number of ether oxygens (including phenoxy) is 1. The summed E-state index contributed by atoms with van der Waals surface area (Å²) in [4.78, 5) is 10.7. The summed E-state index contributed by atoms with van der Waals surface area (Å²) >= 11 is 0. The van der Waals surface area contributed by atoms with Gasteiger partial charge in [-0.1, -0.05) is 12.1 Å². The molecule has 0 unspecified atom stereocenters. The molecule has 0 atom stereocenters. The molecule has 0 amide bonds. The Morgan fingerprint density at radius 3 is 2.43 bits per heavy atom. The summed E-state index contributed by atoms with van der Waals surface area (Å²) in [6.07, 6.45) is 0. The number of hydrogen-bond acceptors (Lipinski definition) is 3. The average molecular weight is 415 g/mol. The molecule has 0 saturated carbocycles.